The molecule has 0 saturated heterocycles. The van der Waals surface area contributed by atoms with Crippen molar-refractivity contribution in [1.82, 2.24) is 0 Å². The summed E-state index contributed by atoms with van der Waals surface area (Å²) in [6.07, 6.45) is 12.0. The number of hydrogen-bond acceptors (Lipinski definition) is 4. The molecule has 184 valence electrons. The molecule has 1 rings (SSSR count). The van der Waals surface area contributed by atoms with E-state index in [1.165, 1.54) is 5.57 Å². The molecule has 0 aromatic heterocycles. The molecule has 4 nitrogen and oxygen atoms in total. The van der Waals surface area contributed by atoms with Gasteiger partial charge in [-0.05, 0) is 62.1 Å². The van der Waals surface area contributed by atoms with Crippen LogP contribution in [-0.2, 0) is 18.4 Å². The minimum atomic E-state index is -2.06. The molecular weight excluding hydrogens is 432 g/mol. The first kappa shape index (κ1) is 29.2. The highest BCUT2D eigenvalue weighted by Crippen LogP contribution is 2.41. The first-order chi connectivity index (χ1) is 14.5. The Bertz CT molecular complexity index is 694. The summed E-state index contributed by atoms with van der Waals surface area (Å²) in [5, 5.41) is 0.166. The Morgan fingerprint density at radius 2 is 1.62 bits per heavy atom. The van der Waals surface area contributed by atoms with E-state index in [2.05, 4.69) is 92.9 Å². The van der Waals surface area contributed by atoms with E-state index in [9.17, 15) is 4.79 Å². The van der Waals surface area contributed by atoms with Gasteiger partial charge in [0.05, 0.1) is 24.9 Å². The smallest absolute Gasteiger partial charge is 0.193 e. The van der Waals surface area contributed by atoms with E-state index in [0.717, 1.165) is 12.7 Å². The lowest BCUT2D eigenvalue weighted by Crippen LogP contribution is -2.51. The van der Waals surface area contributed by atoms with Gasteiger partial charge in [0, 0.05) is 0 Å². The first-order valence-corrected chi connectivity index (χ1v) is 17.7. The zero-order chi connectivity index (χ0) is 24.8. The molecule has 0 N–H and O–H groups in total. The van der Waals surface area contributed by atoms with Crippen LogP contribution in [0.1, 0.15) is 61.3 Å². The molecule has 0 bridgehead atoms. The highest BCUT2D eigenvalue weighted by molar-refractivity contribution is 6.74. The Balaban J connectivity index is 3.32. The van der Waals surface area contributed by atoms with Crippen LogP contribution in [-0.4, -0.2) is 47.8 Å². The molecule has 1 aliphatic heterocycles. The van der Waals surface area contributed by atoms with Gasteiger partial charge in [-0.15, -0.1) is 0 Å². The lowest BCUT2D eigenvalue weighted by Gasteiger charge is -2.44. The van der Waals surface area contributed by atoms with Gasteiger partial charge in [0.2, 0.25) is 0 Å². The molecule has 32 heavy (non-hydrogen) atoms. The fourth-order valence-electron chi connectivity index (χ4n) is 2.96. The van der Waals surface area contributed by atoms with Crippen LogP contribution in [0.5, 0.6) is 0 Å². The van der Waals surface area contributed by atoms with Crippen molar-refractivity contribution in [3.05, 3.63) is 36.0 Å². The quantitative estimate of drug-likeness (QED) is 0.143. The Labute approximate surface area is 199 Å². The van der Waals surface area contributed by atoms with E-state index in [4.69, 9.17) is 13.6 Å². The number of hydrogen-bond donors (Lipinski definition) is 0. The van der Waals surface area contributed by atoms with E-state index in [1.807, 2.05) is 6.08 Å². The second kappa shape index (κ2) is 11.6. The maximum Gasteiger partial charge on any atom is 0.193 e. The molecule has 0 amide bonds. The molecule has 0 aliphatic carbocycles. The predicted octanol–water partition coefficient (Wildman–Crippen LogP) is 7.20. The normalized spacial score (nSPS) is 21.1. The molecule has 1 heterocycles. The van der Waals surface area contributed by atoms with E-state index in [-0.39, 0.29) is 28.4 Å². The van der Waals surface area contributed by atoms with E-state index >= 15 is 0 Å². The highest BCUT2D eigenvalue weighted by atomic mass is 28.4. The molecule has 3 atom stereocenters. The number of carbonyl (C=O) groups is 1. The third-order valence-electron chi connectivity index (χ3n) is 7.22. The summed E-state index contributed by atoms with van der Waals surface area (Å²) in [5.41, 5.74) is 1.36. The van der Waals surface area contributed by atoms with Crippen molar-refractivity contribution in [1.29, 1.82) is 0 Å². The van der Waals surface area contributed by atoms with E-state index in [0.29, 0.717) is 13.0 Å². The number of ether oxygens (including phenoxy) is 1. The topological polar surface area (TPSA) is 44.8 Å². The number of aldehydes is 1. The molecule has 6 heteroatoms. The highest BCUT2D eigenvalue weighted by Gasteiger charge is 2.44. The van der Waals surface area contributed by atoms with Crippen LogP contribution < -0.4 is 0 Å². The Morgan fingerprint density at radius 1 is 1.06 bits per heavy atom. The number of allylic oxidation sites excluding steroid dienone is 1. The van der Waals surface area contributed by atoms with Crippen molar-refractivity contribution in [3.8, 4) is 0 Å². The summed E-state index contributed by atoms with van der Waals surface area (Å²) in [6.45, 7) is 25.4. The van der Waals surface area contributed by atoms with E-state index in [1.54, 1.807) is 6.08 Å². The van der Waals surface area contributed by atoms with Gasteiger partial charge in [0.15, 0.2) is 16.6 Å². The van der Waals surface area contributed by atoms with Crippen molar-refractivity contribution in [2.75, 3.05) is 6.61 Å². The molecule has 0 fully saturated rings. The minimum absolute atomic E-state index is 0.0598. The zero-order valence-corrected chi connectivity index (χ0v) is 24.5. The van der Waals surface area contributed by atoms with Crippen LogP contribution >= 0.6 is 0 Å². The number of rotatable bonds is 10. The summed E-state index contributed by atoms with van der Waals surface area (Å²) >= 11 is 0. The summed E-state index contributed by atoms with van der Waals surface area (Å²) < 4.78 is 19.8. The lowest BCUT2D eigenvalue weighted by molar-refractivity contribution is -0.104. The maximum atomic E-state index is 10.9. The summed E-state index contributed by atoms with van der Waals surface area (Å²) in [6, 6.07) is 0. The van der Waals surface area contributed by atoms with Crippen LogP contribution in [0.3, 0.4) is 0 Å². The lowest BCUT2D eigenvalue weighted by atomic mass is 10.0. The summed E-state index contributed by atoms with van der Waals surface area (Å²) in [7, 11) is -4.11. The molecule has 0 unspecified atom stereocenters. The van der Waals surface area contributed by atoms with Crippen molar-refractivity contribution in [2.45, 2.75) is 116 Å². The molecular formula is C26H48O4Si2. The largest absolute Gasteiger partial charge is 0.411 e. The van der Waals surface area contributed by atoms with Gasteiger partial charge in [-0.25, -0.2) is 0 Å². The van der Waals surface area contributed by atoms with Crippen molar-refractivity contribution < 1.29 is 18.4 Å². The molecule has 0 aromatic rings. The molecule has 1 aliphatic rings. The van der Waals surface area contributed by atoms with Gasteiger partial charge in [-0.1, -0.05) is 71.4 Å². The van der Waals surface area contributed by atoms with Crippen LogP contribution in [0.2, 0.25) is 36.3 Å². The van der Waals surface area contributed by atoms with Gasteiger partial charge in [0.1, 0.15) is 6.29 Å². The van der Waals surface area contributed by atoms with Gasteiger partial charge < -0.3 is 13.6 Å². The standard InChI is InChI=1S/C26H48O4Si2/c1-21-17-19-28-22(20-21)15-16-24(30-32(10,11)26(5,6)7)23(14-12-13-18-27)29-31(8,9)25(2,3)4/h12-13,15-18,22-24H,14,19-20H2,1-11H3/b13-12+,16-15+/t22-,23+,24+/m1/s1. The van der Waals surface area contributed by atoms with Gasteiger partial charge in [-0.3, -0.25) is 4.79 Å². The fourth-order valence-corrected chi connectivity index (χ4v) is 5.56. The van der Waals surface area contributed by atoms with Gasteiger partial charge in [0.25, 0.3) is 0 Å². The van der Waals surface area contributed by atoms with Crippen LogP contribution in [0, 0.1) is 0 Å². The first-order valence-electron chi connectivity index (χ1n) is 11.9. The minimum Gasteiger partial charge on any atom is -0.411 e. The third kappa shape index (κ3) is 8.86. The molecule has 0 aromatic carbocycles. The Hall–Kier alpha value is -0.796. The predicted molar refractivity (Wildman–Crippen MR) is 141 cm³/mol. The molecule has 0 radical (unpaired) electrons. The average Bonchev–Trinajstić information content (AvgIpc) is 2.62. The van der Waals surface area contributed by atoms with Crippen molar-refractivity contribution >= 4 is 22.9 Å². The van der Waals surface area contributed by atoms with E-state index < -0.39 is 16.6 Å². The summed E-state index contributed by atoms with van der Waals surface area (Å²) in [5.74, 6) is 0. The Kier molecular flexibility index (Phi) is 10.6. The summed E-state index contributed by atoms with van der Waals surface area (Å²) in [4.78, 5) is 10.9. The van der Waals surface area contributed by atoms with Crippen molar-refractivity contribution in [3.63, 3.8) is 0 Å². The Morgan fingerprint density at radius 3 is 2.12 bits per heavy atom. The van der Waals surface area contributed by atoms with Crippen molar-refractivity contribution in [2.24, 2.45) is 0 Å². The SMILES string of the molecule is CC1=CCO[C@H](/C=C/[C@H](O[Si](C)(C)C(C)(C)C)[C@H](C/C=C/C=O)O[Si](C)(C)C(C)(C)C)C1. The second-order valence-corrected chi connectivity index (χ2v) is 21.6. The maximum absolute atomic E-state index is 10.9. The van der Waals surface area contributed by atoms with Crippen LogP contribution in [0.25, 0.3) is 0 Å². The zero-order valence-electron chi connectivity index (χ0n) is 22.5. The second-order valence-electron chi connectivity index (χ2n) is 12.1. The average molecular weight is 481 g/mol. The monoisotopic (exact) mass is 480 g/mol. The van der Waals surface area contributed by atoms with Crippen LogP contribution in [0.4, 0.5) is 0 Å². The van der Waals surface area contributed by atoms with Gasteiger partial charge >= 0.3 is 0 Å². The fraction of sp³-hybridized carbons (Fsp3) is 0.731. The number of carbonyl (C=O) groups excluding carboxylic acids is 1. The van der Waals surface area contributed by atoms with Crippen LogP contribution in [0.15, 0.2) is 36.0 Å². The van der Waals surface area contributed by atoms with Gasteiger partial charge in [-0.2, -0.15) is 0 Å². The molecule has 0 saturated carbocycles. The third-order valence-corrected chi connectivity index (χ3v) is 16.2. The molecule has 0 spiro atoms.